The van der Waals surface area contributed by atoms with E-state index in [2.05, 4.69) is 11.1 Å². The average Bonchev–Trinajstić information content (AvgIpc) is 2.54. The minimum Gasteiger partial charge on any atom is -0.292 e. The molecule has 0 unspecified atom stereocenters. The summed E-state index contributed by atoms with van der Waals surface area (Å²) >= 11 is 0. The molecule has 0 fully saturated rings. The van der Waals surface area contributed by atoms with Gasteiger partial charge < -0.3 is 0 Å². The van der Waals surface area contributed by atoms with Crippen molar-refractivity contribution in [1.29, 1.82) is 0 Å². The Kier molecular flexibility index (Phi) is 4.09. The minimum atomic E-state index is -0.712. The van der Waals surface area contributed by atoms with Gasteiger partial charge in [-0.1, -0.05) is 24.3 Å². The second-order valence-electron chi connectivity index (χ2n) is 5.32. The Hall–Kier alpha value is -2.36. The Morgan fingerprint density at radius 1 is 1.09 bits per heavy atom. The summed E-state index contributed by atoms with van der Waals surface area (Å²) in [4.78, 5) is 16.4. The highest BCUT2D eigenvalue weighted by Crippen LogP contribution is 2.21. The molecule has 0 atom stereocenters. The van der Waals surface area contributed by atoms with Gasteiger partial charge >= 0.3 is 0 Å². The highest BCUT2D eigenvalue weighted by atomic mass is 19.1. The zero-order chi connectivity index (χ0) is 15.5. The first kappa shape index (κ1) is 14.6. The lowest BCUT2D eigenvalue weighted by atomic mass is 9.90. The fourth-order valence-electron chi connectivity index (χ4n) is 2.73. The number of carbonyl (C=O) groups excluding carboxylic acids is 1. The summed E-state index contributed by atoms with van der Waals surface area (Å²) in [6.07, 6.45) is 2.79. The zero-order valence-corrected chi connectivity index (χ0v) is 12.0. The van der Waals surface area contributed by atoms with E-state index in [1.54, 1.807) is 0 Å². The number of fused-ring (bicyclic) bond motifs is 1. The molecule has 1 aliphatic rings. The number of Topliss-reactive ketones (excluding diaryl/α,β-unsaturated/α-hetero) is 1. The van der Waals surface area contributed by atoms with Crippen LogP contribution in [0.15, 0.2) is 47.5 Å². The number of ketones is 1. The van der Waals surface area contributed by atoms with Crippen LogP contribution in [-0.2, 0) is 6.42 Å². The summed E-state index contributed by atoms with van der Waals surface area (Å²) in [6.45, 7) is -0.163. The van der Waals surface area contributed by atoms with Gasteiger partial charge in [0.1, 0.15) is 18.2 Å². The van der Waals surface area contributed by atoms with Crippen molar-refractivity contribution in [2.75, 3.05) is 6.54 Å². The molecule has 2 aromatic carbocycles. The molecule has 0 bridgehead atoms. The zero-order valence-electron chi connectivity index (χ0n) is 12.0. The molecule has 2 aromatic rings. The van der Waals surface area contributed by atoms with E-state index < -0.39 is 17.4 Å². The fourth-order valence-corrected chi connectivity index (χ4v) is 2.73. The molecule has 4 heteroatoms. The van der Waals surface area contributed by atoms with Crippen LogP contribution in [0.2, 0.25) is 0 Å². The molecule has 0 saturated carbocycles. The molecule has 3 rings (SSSR count). The van der Waals surface area contributed by atoms with E-state index in [1.807, 2.05) is 18.2 Å². The Morgan fingerprint density at radius 2 is 1.91 bits per heavy atom. The van der Waals surface area contributed by atoms with Crippen LogP contribution in [0.4, 0.5) is 8.78 Å². The number of benzene rings is 2. The molecule has 1 aliphatic carbocycles. The van der Waals surface area contributed by atoms with Crippen LogP contribution in [0.5, 0.6) is 0 Å². The van der Waals surface area contributed by atoms with Crippen molar-refractivity contribution in [2.24, 2.45) is 4.99 Å². The number of carbonyl (C=O) groups is 1. The molecule has 22 heavy (non-hydrogen) atoms. The van der Waals surface area contributed by atoms with Crippen molar-refractivity contribution in [3.63, 3.8) is 0 Å². The van der Waals surface area contributed by atoms with Crippen LogP contribution >= 0.6 is 0 Å². The Bertz CT molecular complexity index is 753. The maximum Gasteiger partial charge on any atom is 0.187 e. The summed E-state index contributed by atoms with van der Waals surface area (Å²) in [5.41, 5.74) is 2.90. The molecule has 0 N–H and O–H groups in total. The molecule has 112 valence electrons. The van der Waals surface area contributed by atoms with Crippen LogP contribution in [0.1, 0.15) is 34.3 Å². The standard InChI is InChI=1S/C18H15F2NO/c19-13-8-9-16(20)15(10-13)18(22)11-21-17-7-3-5-12-4-1-2-6-14(12)17/h1-2,4,6,8-10H,3,5,7,11H2. The van der Waals surface area contributed by atoms with E-state index in [-0.39, 0.29) is 12.1 Å². The Morgan fingerprint density at radius 3 is 2.77 bits per heavy atom. The lowest BCUT2D eigenvalue weighted by Crippen LogP contribution is -2.15. The number of halogens is 2. The number of hydrogen-bond acceptors (Lipinski definition) is 2. The van der Waals surface area contributed by atoms with Gasteiger partial charge in [0.2, 0.25) is 0 Å². The predicted molar refractivity (Wildman–Crippen MR) is 81.5 cm³/mol. The fraction of sp³-hybridized carbons (Fsp3) is 0.222. The van der Waals surface area contributed by atoms with Crippen LogP contribution < -0.4 is 0 Å². The quantitative estimate of drug-likeness (QED) is 0.788. The molecule has 0 amide bonds. The molecule has 0 heterocycles. The minimum absolute atomic E-state index is 0.163. The average molecular weight is 299 g/mol. The molecular weight excluding hydrogens is 284 g/mol. The first-order valence-electron chi connectivity index (χ1n) is 7.25. The number of rotatable bonds is 3. The third kappa shape index (κ3) is 2.96. The van der Waals surface area contributed by atoms with Gasteiger partial charge in [0.05, 0.1) is 5.56 Å². The van der Waals surface area contributed by atoms with E-state index in [9.17, 15) is 13.6 Å². The van der Waals surface area contributed by atoms with Crippen LogP contribution in [-0.4, -0.2) is 18.0 Å². The largest absolute Gasteiger partial charge is 0.292 e. The Balaban J connectivity index is 1.83. The van der Waals surface area contributed by atoms with Crippen molar-refractivity contribution in [2.45, 2.75) is 19.3 Å². The second kappa shape index (κ2) is 6.18. The predicted octanol–water partition coefficient (Wildman–Crippen LogP) is 3.97. The number of hydrogen-bond donors (Lipinski definition) is 0. The van der Waals surface area contributed by atoms with E-state index >= 15 is 0 Å². The van der Waals surface area contributed by atoms with Crippen molar-refractivity contribution in [3.05, 3.63) is 70.8 Å². The Labute approximate surface area is 127 Å². The topological polar surface area (TPSA) is 29.4 Å². The molecule has 0 radical (unpaired) electrons. The highest BCUT2D eigenvalue weighted by molar-refractivity contribution is 6.05. The lowest BCUT2D eigenvalue weighted by molar-refractivity contribution is 0.0997. The highest BCUT2D eigenvalue weighted by Gasteiger charge is 2.16. The van der Waals surface area contributed by atoms with Gasteiger partial charge in [-0.05, 0) is 48.6 Å². The molecular formula is C18H15F2NO. The lowest BCUT2D eigenvalue weighted by Gasteiger charge is -2.17. The van der Waals surface area contributed by atoms with Gasteiger partial charge in [0.25, 0.3) is 0 Å². The van der Waals surface area contributed by atoms with E-state index in [1.165, 1.54) is 5.56 Å². The summed E-state index contributed by atoms with van der Waals surface area (Å²) < 4.78 is 26.7. The first-order valence-corrected chi connectivity index (χ1v) is 7.25. The maximum atomic E-state index is 13.6. The van der Waals surface area contributed by atoms with Crippen LogP contribution in [0.25, 0.3) is 0 Å². The van der Waals surface area contributed by atoms with Crippen molar-refractivity contribution in [1.82, 2.24) is 0 Å². The van der Waals surface area contributed by atoms with Gasteiger partial charge in [-0.3, -0.25) is 9.79 Å². The molecule has 2 nitrogen and oxygen atoms in total. The van der Waals surface area contributed by atoms with Gasteiger partial charge in [-0.2, -0.15) is 0 Å². The summed E-state index contributed by atoms with van der Waals surface area (Å²) in [5.74, 6) is -1.84. The third-order valence-electron chi connectivity index (χ3n) is 3.83. The summed E-state index contributed by atoms with van der Waals surface area (Å²) in [7, 11) is 0. The maximum absolute atomic E-state index is 13.6. The number of aliphatic imine (C=N–C) groups is 1. The smallest absolute Gasteiger partial charge is 0.187 e. The van der Waals surface area contributed by atoms with E-state index in [0.717, 1.165) is 48.7 Å². The molecule has 0 saturated heterocycles. The third-order valence-corrected chi connectivity index (χ3v) is 3.83. The van der Waals surface area contributed by atoms with E-state index in [4.69, 9.17) is 0 Å². The van der Waals surface area contributed by atoms with Gasteiger partial charge in [-0.25, -0.2) is 8.78 Å². The van der Waals surface area contributed by atoms with Crippen molar-refractivity contribution in [3.8, 4) is 0 Å². The van der Waals surface area contributed by atoms with Gasteiger partial charge in [0, 0.05) is 5.71 Å². The van der Waals surface area contributed by atoms with Gasteiger partial charge in [-0.15, -0.1) is 0 Å². The van der Waals surface area contributed by atoms with E-state index in [0.29, 0.717) is 0 Å². The summed E-state index contributed by atoms with van der Waals surface area (Å²) in [5, 5.41) is 0. The van der Waals surface area contributed by atoms with Crippen molar-refractivity contribution < 1.29 is 13.6 Å². The van der Waals surface area contributed by atoms with Crippen LogP contribution in [0, 0.1) is 11.6 Å². The number of nitrogens with zero attached hydrogens (tertiary/aromatic N) is 1. The molecule has 0 aromatic heterocycles. The normalized spacial score (nSPS) is 15.6. The first-order chi connectivity index (χ1) is 10.6. The molecule has 0 aliphatic heterocycles. The summed E-state index contributed by atoms with van der Waals surface area (Å²) in [6, 6.07) is 10.8. The SMILES string of the molecule is O=C(CN=C1CCCc2ccccc21)c1cc(F)ccc1F. The monoisotopic (exact) mass is 299 g/mol. The van der Waals surface area contributed by atoms with Crippen molar-refractivity contribution >= 4 is 11.5 Å². The molecule has 0 spiro atoms. The van der Waals surface area contributed by atoms with Crippen LogP contribution in [0.3, 0.4) is 0 Å². The second-order valence-corrected chi connectivity index (χ2v) is 5.32. The van der Waals surface area contributed by atoms with Gasteiger partial charge in [0.15, 0.2) is 5.78 Å². The number of aryl methyl sites for hydroxylation is 1.